The molecule has 0 aliphatic heterocycles. The van der Waals surface area contributed by atoms with Crippen LogP contribution < -0.4 is 9.47 Å². The predicted molar refractivity (Wildman–Crippen MR) is 62.5 cm³/mol. The van der Waals surface area contributed by atoms with Gasteiger partial charge in [-0.2, -0.15) is 4.98 Å². The van der Waals surface area contributed by atoms with Crippen LogP contribution in [-0.2, 0) is 16.0 Å². The second-order valence-corrected chi connectivity index (χ2v) is 3.79. The maximum atomic E-state index is 12.1. The van der Waals surface area contributed by atoms with Crippen molar-refractivity contribution < 1.29 is 32.2 Å². The quantitative estimate of drug-likeness (QED) is 0.780. The topological polar surface area (TPSA) is 57.7 Å². The van der Waals surface area contributed by atoms with Crippen LogP contribution in [0.1, 0.15) is 18.1 Å². The summed E-state index contributed by atoms with van der Waals surface area (Å²) < 4.78 is 49.8. The number of alkyl halides is 3. The van der Waals surface area contributed by atoms with Gasteiger partial charge in [-0.25, -0.2) is 0 Å². The number of nitrogens with zero attached hydrogens (tertiary/aromatic N) is 1. The Balaban J connectivity index is 3.05. The summed E-state index contributed by atoms with van der Waals surface area (Å²) in [5.74, 6) is -1.25. The molecule has 0 aromatic carbocycles. The van der Waals surface area contributed by atoms with Crippen molar-refractivity contribution in [1.82, 2.24) is 4.98 Å². The van der Waals surface area contributed by atoms with Gasteiger partial charge in [-0.15, -0.1) is 13.2 Å². The number of ether oxygens (including phenoxy) is 3. The predicted octanol–water partition coefficient (Wildman–Crippen LogP) is 2.40. The summed E-state index contributed by atoms with van der Waals surface area (Å²) in [6.45, 7) is 3.39. The van der Waals surface area contributed by atoms with Crippen molar-refractivity contribution in [2.45, 2.75) is 26.6 Å². The van der Waals surface area contributed by atoms with E-state index >= 15 is 0 Å². The minimum atomic E-state index is -4.84. The Morgan fingerprint density at radius 2 is 2.05 bits per heavy atom. The molecule has 0 fully saturated rings. The summed E-state index contributed by atoms with van der Waals surface area (Å²) in [4.78, 5) is 15.0. The molecule has 0 unspecified atom stereocenters. The van der Waals surface area contributed by atoms with Crippen molar-refractivity contribution in [2.24, 2.45) is 0 Å². The Labute approximate surface area is 113 Å². The molecule has 8 heteroatoms. The molecule has 0 aliphatic carbocycles. The van der Waals surface area contributed by atoms with Gasteiger partial charge in [0.05, 0.1) is 20.1 Å². The van der Waals surface area contributed by atoms with E-state index in [4.69, 9.17) is 9.47 Å². The normalized spacial score (nSPS) is 11.1. The number of aromatic nitrogens is 1. The second-order valence-electron chi connectivity index (χ2n) is 3.79. The molecule has 0 N–H and O–H groups in total. The van der Waals surface area contributed by atoms with Crippen molar-refractivity contribution in [3.8, 4) is 11.8 Å². The minimum Gasteiger partial charge on any atom is -0.481 e. The standard InChI is InChI=1S/C12H14F3NO4/c1-4-19-10(17)6-8-7(2)5-9(16-11(8)18-3)20-12(13,14)15/h5H,4,6H2,1-3H3. The number of carbonyl (C=O) groups is 1. The fraction of sp³-hybridized carbons (Fsp3) is 0.500. The summed E-state index contributed by atoms with van der Waals surface area (Å²) in [7, 11) is 1.24. The first kappa shape index (κ1) is 16.1. The van der Waals surface area contributed by atoms with Gasteiger partial charge in [0.25, 0.3) is 0 Å². The number of aryl methyl sites for hydroxylation is 1. The average molecular weight is 293 g/mol. The van der Waals surface area contributed by atoms with E-state index in [1.165, 1.54) is 14.0 Å². The van der Waals surface area contributed by atoms with Crippen LogP contribution in [0.2, 0.25) is 0 Å². The van der Waals surface area contributed by atoms with Crippen LogP contribution in [0, 0.1) is 6.92 Å². The molecule has 0 saturated heterocycles. The van der Waals surface area contributed by atoms with Crippen molar-refractivity contribution in [3.63, 3.8) is 0 Å². The molecule has 1 aromatic rings. The Morgan fingerprint density at radius 1 is 1.40 bits per heavy atom. The second kappa shape index (κ2) is 6.44. The zero-order valence-corrected chi connectivity index (χ0v) is 11.2. The van der Waals surface area contributed by atoms with Gasteiger partial charge < -0.3 is 14.2 Å². The number of halogens is 3. The number of pyridine rings is 1. The van der Waals surface area contributed by atoms with E-state index in [1.807, 2.05) is 0 Å². The largest absolute Gasteiger partial charge is 0.574 e. The van der Waals surface area contributed by atoms with E-state index in [0.29, 0.717) is 11.1 Å². The molecular weight excluding hydrogens is 279 g/mol. The lowest BCUT2D eigenvalue weighted by molar-refractivity contribution is -0.276. The smallest absolute Gasteiger partial charge is 0.481 e. The van der Waals surface area contributed by atoms with Crippen LogP contribution >= 0.6 is 0 Å². The average Bonchev–Trinajstić information content (AvgIpc) is 2.30. The first-order valence-electron chi connectivity index (χ1n) is 5.72. The van der Waals surface area contributed by atoms with Gasteiger partial charge >= 0.3 is 12.3 Å². The van der Waals surface area contributed by atoms with Gasteiger partial charge in [-0.3, -0.25) is 4.79 Å². The fourth-order valence-corrected chi connectivity index (χ4v) is 1.55. The molecule has 0 spiro atoms. The first-order chi connectivity index (χ1) is 9.26. The molecule has 0 bridgehead atoms. The van der Waals surface area contributed by atoms with Crippen molar-refractivity contribution in [1.29, 1.82) is 0 Å². The highest BCUT2D eigenvalue weighted by Gasteiger charge is 2.32. The molecular formula is C12H14F3NO4. The highest BCUT2D eigenvalue weighted by Crippen LogP contribution is 2.28. The van der Waals surface area contributed by atoms with Crippen LogP contribution in [-0.4, -0.2) is 31.0 Å². The fourth-order valence-electron chi connectivity index (χ4n) is 1.55. The lowest BCUT2D eigenvalue weighted by Gasteiger charge is -2.14. The lowest BCUT2D eigenvalue weighted by atomic mass is 10.1. The monoisotopic (exact) mass is 293 g/mol. The number of methoxy groups -OCH3 is 1. The van der Waals surface area contributed by atoms with Gasteiger partial charge in [-0.05, 0) is 19.4 Å². The van der Waals surface area contributed by atoms with Crippen molar-refractivity contribution >= 4 is 5.97 Å². The number of hydrogen-bond acceptors (Lipinski definition) is 5. The number of rotatable bonds is 5. The molecule has 0 atom stereocenters. The Kier molecular flexibility index (Phi) is 5.18. The maximum absolute atomic E-state index is 12.1. The summed E-state index contributed by atoms with van der Waals surface area (Å²) in [5.41, 5.74) is 0.754. The third kappa shape index (κ3) is 4.60. The van der Waals surface area contributed by atoms with Crippen LogP contribution in [0.25, 0.3) is 0 Å². The molecule has 0 aliphatic rings. The van der Waals surface area contributed by atoms with E-state index in [9.17, 15) is 18.0 Å². The molecule has 5 nitrogen and oxygen atoms in total. The van der Waals surface area contributed by atoms with E-state index in [1.54, 1.807) is 6.92 Å². The molecule has 0 saturated carbocycles. The summed E-state index contributed by atoms with van der Waals surface area (Å²) >= 11 is 0. The lowest BCUT2D eigenvalue weighted by Crippen LogP contribution is -2.19. The van der Waals surface area contributed by atoms with E-state index in [0.717, 1.165) is 6.07 Å². The van der Waals surface area contributed by atoms with Crippen molar-refractivity contribution in [3.05, 3.63) is 17.2 Å². The molecule has 1 aromatic heterocycles. The third-order valence-electron chi connectivity index (χ3n) is 2.33. The van der Waals surface area contributed by atoms with Crippen molar-refractivity contribution in [2.75, 3.05) is 13.7 Å². The minimum absolute atomic E-state index is 0.0997. The SMILES string of the molecule is CCOC(=O)Cc1c(C)cc(OC(F)(F)F)nc1OC. The molecule has 0 amide bonds. The number of carbonyl (C=O) groups excluding carboxylic acids is 1. The zero-order valence-electron chi connectivity index (χ0n) is 11.2. The van der Waals surface area contributed by atoms with Gasteiger partial charge in [0.15, 0.2) is 0 Å². The molecule has 0 radical (unpaired) electrons. The van der Waals surface area contributed by atoms with Crippen LogP contribution in [0.15, 0.2) is 6.07 Å². The summed E-state index contributed by atoms with van der Waals surface area (Å²) in [6.07, 6.45) is -4.98. The van der Waals surface area contributed by atoms with Crippen LogP contribution in [0.4, 0.5) is 13.2 Å². The molecule has 20 heavy (non-hydrogen) atoms. The maximum Gasteiger partial charge on any atom is 0.574 e. The highest BCUT2D eigenvalue weighted by molar-refractivity contribution is 5.74. The van der Waals surface area contributed by atoms with E-state index in [2.05, 4.69) is 9.72 Å². The number of hydrogen-bond donors (Lipinski definition) is 0. The van der Waals surface area contributed by atoms with Crippen LogP contribution in [0.3, 0.4) is 0 Å². The number of esters is 1. The highest BCUT2D eigenvalue weighted by atomic mass is 19.4. The summed E-state index contributed by atoms with van der Waals surface area (Å²) in [5, 5.41) is 0. The Bertz CT molecular complexity index is 488. The molecule has 1 heterocycles. The first-order valence-corrected chi connectivity index (χ1v) is 5.72. The van der Waals surface area contributed by atoms with Gasteiger partial charge in [-0.1, -0.05) is 0 Å². The zero-order chi connectivity index (χ0) is 15.3. The van der Waals surface area contributed by atoms with Crippen LogP contribution in [0.5, 0.6) is 11.8 Å². The van der Waals surface area contributed by atoms with E-state index in [-0.39, 0.29) is 18.9 Å². The Morgan fingerprint density at radius 3 is 2.55 bits per heavy atom. The van der Waals surface area contributed by atoms with Gasteiger partial charge in [0.1, 0.15) is 0 Å². The molecule has 112 valence electrons. The van der Waals surface area contributed by atoms with E-state index < -0.39 is 18.2 Å². The molecule has 1 rings (SSSR count). The Hall–Kier alpha value is -1.99. The third-order valence-corrected chi connectivity index (χ3v) is 2.33. The van der Waals surface area contributed by atoms with Gasteiger partial charge in [0.2, 0.25) is 11.8 Å². The van der Waals surface area contributed by atoms with Gasteiger partial charge in [0, 0.05) is 11.6 Å². The summed E-state index contributed by atoms with van der Waals surface area (Å²) in [6, 6.07) is 1.09.